The molecule has 0 spiro atoms. The molecule has 0 fully saturated rings. The van der Waals surface area contributed by atoms with Gasteiger partial charge in [-0.1, -0.05) is 30.3 Å². The molecule has 0 saturated heterocycles. The first-order chi connectivity index (χ1) is 5.55. The Bertz CT molecular complexity index is 239. The Kier molecular flexibility index (Phi) is 2.50. The molecule has 0 aliphatic carbocycles. The summed E-state index contributed by atoms with van der Waals surface area (Å²) in [6, 6.07) is 9.15. The number of aliphatic hydroxyl groups excluding tert-OH is 1. The first-order valence-electron chi connectivity index (χ1n) is 4.01. The summed E-state index contributed by atoms with van der Waals surface area (Å²) in [6.07, 6.45) is -0.764. The zero-order valence-electron chi connectivity index (χ0n) is 7.36. The van der Waals surface area contributed by atoms with Gasteiger partial charge >= 0.3 is 0 Å². The highest BCUT2D eigenvalue weighted by Crippen LogP contribution is 2.23. The van der Waals surface area contributed by atoms with E-state index in [1.54, 1.807) is 26.0 Å². The Labute approximate surface area is 72.5 Å². The smallest absolute Gasteiger partial charge is 0.112 e. The van der Waals surface area contributed by atoms with Crippen molar-refractivity contribution in [2.45, 2.75) is 25.6 Å². The van der Waals surface area contributed by atoms with Crippen LogP contribution in [0.25, 0.3) is 0 Å². The Morgan fingerprint density at radius 2 is 1.75 bits per heavy atom. The minimum Gasteiger partial charge on any atom is -0.390 e. The van der Waals surface area contributed by atoms with Crippen molar-refractivity contribution >= 4 is 0 Å². The van der Waals surface area contributed by atoms with Crippen LogP contribution in [0.15, 0.2) is 30.3 Å². The first-order valence-corrected chi connectivity index (χ1v) is 4.01. The van der Waals surface area contributed by atoms with Gasteiger partial charge in [0.2, 0.25) is 0 Å². The quantitative estimate of drug-likeness (QED) is 0.694. The van der Waals surface area contributed by atoms with Crippen LogP contribution in [-0.2, 0) is 5.60 Å². The van der Waals surface area contributed by atoms with Crippen molar-refractivity contribution in [1.82, 2.24) is 0 Å². The number of rotatable bonds is 2. The molecule has 12 heavy (non-hydrogen) atoms. The van der Waals surface area contributed by atoms with Crippen molar-refractivity contribution in [3.05, 3.63) is 35.9 Å². The lowest BCUT2D eigenvalue weighted by Crippen LogP contribution is -2.33. The predicted molar refractivity (Wildman–Crippen MR) is 47.7 cm³/mol. The summed E-state index contributed by atoms with van der Waals surface area (Å²) in [5.74, 6) is 0. The summed E-state index contributed by atoms with van der Waals surface area (Å²) < 4.78 is 0. The third-order valence-corrected chi connectivity index (χ3v) is 2.17. The molecule has 0 aromatic heterocycles. The summed E-state index contributed by atoms with van der Waals surface area (Å²) in [4.78, 5) is 0. The Hall–Kier alpha value is -0.860. The second-order valence-electron chi connectivity index (χ2n) is 3.19. The Balaban J connectivity index is 2.98. The van der Waals surface area contributed by atoms with Gasteiger partial charge in [0, 0.05) is 0 Å². The molecule has 2 atom stereocenters. The van der Waals surface area contributed by atoms with E-state index in [1.165, 1.54) is 0 Å². The zero-order chi connectivity index (χ0) is 9.19. The molecule has 0 amide bonds. The number of aliphatic hydroxyl groups is 2. The fraction of sp³-hybridized carbons (Fsp3) is 0.400. The van der Waals surface area contributed by atoms with Gasteiger partial charge < -0.3 is 10.2 Å². The van der Waals surface area contributed by atoms with Gasteiger partial charge in [-0.25, -0.2) is 0 Å². The maximum absolute atomic E-state index is 9.81. The third-order valence-electron chi connectivity index (χ3n) is 2.17. The Morgan fingerprint density at radius 1 is 1.25 bits per heavy atom. The maximum atomic E-state index is 9.81. The molecule has 1 aromatic rings. The highest BCUT2D eigenvalue weighted by Gasteiger charge is 2.28. The summed E-state index contributed by atoms with van der Waals surface area (Å²) in [6.45, 7) is 3.18. The van der Waals surface area contributed by atoms with E-state index in [-0.39, 0.29) is 0 Å². The fourth-order valence-electron chi connectivity index (χ4n) is 1.02. The van der Waals surface area contributed by atoms with Gasteiger partial charge in [-0.3, -0.25) is 0 Å². The SMILES string of the molecule is C[C@H](O)[C@](C)(O)c1ccccc1. The zero-order valence-corrected chi connectivity index (χ0v) is 7.36. The lowest BCUT2D eigenvalue weighted by molar-refractivity contribution is -0.0569. The van der Waals surface area contributed by atoms with Crippen molar-refractivity contribution in [3.63, 3.8) is 0 Å². The molecule has 66 valence electrons. The van der Waals surface area contributed by atoms with Crippen molar-refractivity contribution in [2.24, 2.45) is 0 Å². The molecule has 1 rings (SSSR count). The molecule has 2 nitrogen and oxygen atoms in total. The van der Waals surface area contributed by atoms with Gasteiger partial charge in [0.05, 0.1) is 6.10 Å². The van der Waals surface area contributed by atoms with Gasteiger partial charge in [-0.15, -0.1) is 0 Å². The topological polar surface area (TPSA) is 40.5 Å². The maximum Gasteiger partial charge on any atom is 0.112 e. The highest BCUT2D eigenvalue weighted by atomic mass is 16.3. The molecule has 0 heterocycles. The van der Waals surface area contributed by atoms with Gasteiger partial charge in [-0.05, 0) is 19.4 Å². The lowest BCUT2D eigenvalue weighted by atomic mass is 9.91. The molecular weight excluding hydrogens is 152 g/mol. The van der Waals surface area contributed by atoms with Crippen molar-refractivity contribution in [2.75, 3.05) is 0 Å². The molecule has 0 saturated carbocycles. The minimum absolute atomic E-state index is 0.736. The van der Waals surface area contributed by atoms with E-state index in [0.29, 0.717) is 0 Å². The molecule has 0 aliphatic heterocycles. The van der Waals surface area contributed by atoms with Gasteiger partial charge in [0.15, 0.2) is 0 Å². The molecule has 0 bridgehead atoms. The van der Waals surface area contributed by atoms with E-state index in [9.17, 15) is 10.2 Å². The molecule has 2 heteroatoms. The summed E-state index contributed by atoms with van der Waals surface area (Å²) in [7, 11) is 0. The van der Waals surface area contributed by atoms with Crippen molar-refractivity contribution < 1.29 is 10.2 Å². The number of benzene rings is 1. The van der Waals surface area contributed by atoms with Gasteiger partial charge in [-0.2, -0.15) is 0 Å². The van der Waals surface area contributed by atoms with Crippen LogP contribution in [0.2, 0.25) is 0 Å². The number of hydrogen-bond acceptors (Lipinski definition) is 2. The largest absolute Gasteiger partial charge is 0.390 e. The summed E-state index contributed by atoms with van der Waals surface area (Å²) in [5.41, 5.74) is -0.415. The van der Waals surface area contributed by atoms with Crippen molar-refractivity contribution in [3.8, 4) is 0 Å². The van der Waals surface area contributed by atoms with Gasteiger partial charge in [0.25, 0.3) is 0 Å². The lowest BCUT2D eigenvalue weighted by Gasteiger charge is -2.26. The van der Waals surface area contributed by atoms with Crippen LogP contribution >= 0.6 is 0 Å². The molecule has 0 aliphatic rings. The molecule has 2 N–H and O–H groups in total. The average molecular weight is 166 g/mol. The van der Waals surface area contributed by atoms with Crippen LogP contribution < -0.4 is 0 Å². The van der Waals surface area contributed by atoms with Crippen LogP contribution in [0.3, 0.4) is 0 Å². The van der Waals surface area contributed by atoms with Crippen LogP contribution in [-0.4, -0.2) is 16.3 Å². The third kappa shape index (κ3) is 1.65. The van der Waals surface area contributed by atoms with E-state index in [0.717, 1.165) is 5.56 Å². The van der Waals surface area contributed by atoms with E-state index in [4.69, 9.17) is 0 Å². The van der Waals surface area contributed by atoms with Gasteiger partial charge in [0.1, 0.15) is 5.60 Å². The monoisotopic (exact) mass is 166 g/mol. The molecular formula is C10H14O2. The first kappa shape index (κ1) is 9.23. The Morgan fingerprint density at radius 3 is 2.17 bits per heavy atom. The van der Waals surface area contributed by atoms with Crippen LogP contribution in [0.5, 0.6) is 0 Å². The second-order valence-corrected chi connectivity index (χ2v) is 3.19. The second kappa shape index (κ2) is 3.25. The van der Waals surface area contributed by atoms with Crippen molar-refractivity contribution in [1.29, 1.82) is 0 Å². The van der Waals surface area contributed by atoms with Crippen LogP contribution in [0, 0.1) is 0 Å². The standard InChI is InChI=1S/C10H14O2/c1-8(11)10(2,12)9-6-4-3-5-7-9/h3-8,11-12H,1-2H3/t8-,10-/m0/s1. The highest BCUT2D eigenvalue weighted by molar-refractivity contribution is 5.22. The van der Waals surface area contributed by atoms with E-state index in [2.05, 4.69) is 0 Å². The fourth-order valence-corrected chi connectivity index (χ4v) is 1.02. The predicted octanol–water partition coefficient (Wildman–Crippen LogP) is 1.27. The van der Waals surface area contributed by atoms with E-state index >= 15 is 0 Å². The van der Waals surface area contributed by atoms with Crippen LogP contribution in [0.1, 0.15) is 19.4 Å². The molecule has 0 radical (unpaired) electrons. The summed E-state index contributed by atoms with van der Waals surface area (Å²) in [5, 5.41) is 19.1. The number of hydrogen-bond donors (Lipinski definition) is 2. The average Bonchev–Trinajstić information content (AvgIpc) is 2.06. The van der Waals surface area contributed by atoms with Crippen LogP contribution in [0.4, 0.5) is 0 Å². The minimum atomic E-state index is -1.15. The molecule has 0 unspecified atom stereocenters. The molecule has 1 aromatic carbocycles. The summed E-state index contributed by atoms with van der Waals surface area (Å²) >= 11 is 0. The van der Waals surface area contributed by atoms with E-state index < -0.39 is 11.7 Å². The van der Waals surface area contributed by atoms with E-state index in [1.807, 2.05) is 18.2 Å². The normalized spacial score (nSPS) is 18.3.